The Kier molecular flexibility index (Phi) is 13.9. The third kappa shape index (κ3) is 9.71. The molecule has 2 aliphatic heterocycles. The van der Waals surface area contributed by atoms with Crippen LogP contribution in [0.3, 0.4) is 0 Å². The summed E-state index contributed by atoms with van der Waals surface area (Å²) in [5.41, 5.74) is 2.21. The fourth-order valence-electron chi connectivity index (χ4n) is 9.62. The van der Waals surface area contributed by atoms with Crippen LogP contribution in [0.25, 0.3) is 10.8 Å². The fraction of sp³-hybridized carbons (Fsp3) is 0.556. The molecule has 5 aliphatic rings. The minimum atomic E-state index is -3.96. The van der Waals surface area contributed by atoms with Crippen molar-refractivity contribution in [2.24, 2.45) is 22.7 Å². The Bertz CT molecular complexity index is 2020. The first-order chi connectivity index (χ1) is 27.0. The number of piperazine rings is 1. The number of nitrogens with zero attached hydrogens (tertiary/aromatic N) is 3. The van der Waals surface area contributed by atoms with E-state index in [0.717, 1.165) is 36.3 Å². The van der Waals surface area contributed by atoms with Gasteiger partial charge in [0.25, 0.3) is 0 Å². The molecule has 2 bridgehead atoms. The van der Waals surface area contributed by atoms with E-state index in [1.165, 1.54) is 20.6 Å². The van der Waals surface area contributed by atoms with E-state index in [1.54, 1.807) is 18.9 Å². The summed E-state index contributed by atoms with van der Waals surface area (Å²) < 4.78 is 34.9. The van der Waals surface area contributed by atoms with Crippen LogP contribution in [-0.2, 0) is 33.9 Å². The Hall–Kier alpha value is -4.29. The van der Waals surface area contributed by atoms with E-state index in [1.807, 2.05) is 26.7 Å². The van der Waals surface area contributed by atoms with Gasteiger partial charge in [0.05, 0.1) is 24.0 Å². The molecule has 2 saturated heterocycles. The van der Waals surface area contributed by atoms with Gasteiger partial charge in [0.2, 0.25) is 21.8 Å². The maximum Gasteiger partial charge on any atom is 0.244 e. The number of fused-ring (bicyclic) bond motifs is 3. The average molecular weight is 803 g/mol. The second-order valence-corrected chi connectivity index (χ2v) is 19.1. The molecule has 57 heavy (non-hydrogen) atoms. The number of ketones is 1. The lowest BCUT2D eigenvalue weighted by Gasteiger charge is -2.38. The molecular weight excluding hydrogens is 741 g/mol. The molecule has 4 unspecified atom stereocenters. The molecule has 1 N–H and O–H groups in total. The molecule has 2 heterocycles. The van der Waals surface area contributed by atoms with Crippen LogP contribution in [0.15, 0.2) is 77.7 Å². The smallest absolute Gasteiger partial charge is 0.244 e. The van der Waals surface area contributed by atoms with Crippen molar-refractivity contribution < 1.29 is 32.3 Å². The molecule has 7 rings (SSSR count). The number of allylic oxidation sites excluding steroid dienone is 5. The van der Waals surface area contributed by atoms with Gasteiger partial charge in [0, 0.05) is 45.6 Å². The maximum absolute atomic E-state index is 14.0. The second kappa shape index (κ2) is 18.1. The number of carbonyl (C=O) groups is 4. The molecule has 1 saturated carbocycles. The Balaban J connectivity index is 0.000000404. The SMILES string of the molecule is C=O.COC1=C(N2CCN(C(=O)[C@H](C)NC(=O)[C@@H]3CC(C)CN3S(=O)(=O)CC34C=C(C)C(C)(CC(C)CC3=O)C4)CC2)C=CCC1.Cc1ccc2ccccc2c1. The van der Waals surface area contributed by atoms with E-state index in [-0.39, 0.29) is 41.2 Å². The molecular formula is C45H62N4O7S. The highest BCUT2D eigenvalue weighted by Gasteiger charge is 2.55. The molecule has 6 atom stereocenters. The molecule has 11 nitrogen and oxygen atoms in total. The zero-order valence-electron chi connectivity index (χ0n) is 34.9. The van der Waals surface area contributed by atoms with Crippen LogP contribution in [0.4, 0.5) is 0 Å². The number of amides is 2. The van der Waals surface area contributed by atoms with Gasteiger partial charge in [-0.1, -0.05) is 86.5 Å². The lowest BCUT2D eigenvalue weighted by atomic mass is 9.76. The zero-order chi connectivity index (χ0) is 41.7. The number of sulfonamides is 1. The first-order valence-electron chi connectivity index (χ1n) is 20.3. The van der Waals surface area contributed by atoms with E-state index < -0.39 is 33.4 Å². The number of rotatable bonds is 8. The van der Waals surface area contributed by atoms with E-state index in [2.05, 4.69) is 85.6 Å². The Labute approximate surface area is 339 Å². The van der Waals surface area contributed by atoms with E-state index in [0.29, 0.717) is 45.4 Å². The number of ether oxygens (including phenoxy) is 1. The highest BCUT2D eigenvalue weighted by Crippen LogP contribution is 2.56. The van der Waals surface area contributed by atoms with Crippen molar-refractivity contribution >= 4 is 45.2 Å². The average Bonchev–Trinajstić information content (AvgIpc) is 3.69. The predicted molar refractivity (Wildman–Crippen MR) is 224 cm³/mol. The van der Waals surface area contributed by atoms with Crippen molar-refractivity contribution in [1.29, 1.82) is 0 Å². The summed E-state index contributed by atoms with van der Waals surface area (Å²) in [6.45, 7) is 16.5. The Morgan fingerprint density at radius 2 is 1.70 bits per heavy atom. The molecule has 2 aromatic carbocycles. The van der Waals surface area contributed by atoms with Crippen molar-refractivity contribution in [3.8, 4) is 0 Å². The van der Waals surface area contributed by atoms with E-state index >= 15 is 0 Å². The number of benzene rings is 2. The number of nitrogens with one attached hydrogen (secondary N) is 1. The van der Waals surface area contributed by atoms with E-state index in [4.69, 9.17) is 9.53 Å². The highest BCUT2D eigenvalue weighted by atomic mass is 32.2. The maximum atomic E-state index is 14.0. The lowest BCUT2D eigenvalue weighted by molar-refractivity contribution is -0.137. The van der Waals surface area contributed by atoms with Crippen molar-refractivity contribution in [2.45, 2.75) is 92.2 Å². The van der Waals surface area contributed by atoms with Gasteiger partial charge in [-0.05, 0) is 80.6 Å². The van der Waals surface area contributed by atoms with Crippen LogP contribution in [0, 0.1) is 29.6 Å². The summed E-state index contributed by atoms with van der Waals surface area (Å²) in [4.78, 5) is 52.5. The van der Waals surface area contributed by atoms with Crippen molar-refractivity contribution in [2.75, 3.05) is 45.6 Å². The second-order valence-electron chi connectivity index (χ2n) is 17.2. The van der Waals surface area contributed by atoms with Gasteiger partial charge < -0.3 is 24.6 Å². The largest absolute Gasteiger partial charge is 0.499 e. The number of carbonyl (C=O) groups excluding carboxylic acids is 4. The van der Waals surface area contributed by atoms with Crippen LogP contribution >= 0.6 is 0 Å². The van der Waals surface area contributed by atoms with Crippen LogP contribution in [0.5, 0.6) is 0 Å². The molecule has 12 heteroatoms. The molecule has 3 fully saturated rings. The third-order valence-corrected chi connectivity index (χ3v) is 14.5. The van der Waals surface area contributed by atoms with Gasteiger partial charge in [0.15, 0.2) is 0 Å². The summed E-state index contributed by atoms with van der Waals surface area (Å²) in [5.74, 6) is 0.164. The van der Waals surface area contributed by atoms with Gasteiger partial charge in [-0.2, -0.15) is 4.31 Å². The van der Waals surface area contributed by atoms with Gasteiger partial charge in [-0.15, -0.1) is 0 Å². The minimum Gasteiger partial charge on any atom is -0.499 e. The molecule has 3 aliphatic carbocycles. The lowest BCUT2D eigenvalue weighted by Crippen LogP contribution is -2.56. The van der Waals surface area contributed by atoms with Gasteiger partial charge in [-0.3, -0.25) is 14.4 Å². The van der Waals surface area contributed by atoms with Gasteiger partial charge in [-0.25, -0.2) is 8.42 Å². The molecule has 2 amide bonds. The minimum absolute atomic E-state index is 0.0176. The summed E-state index contributed by atoms with van der Waals surface area (Å²) in [5, 5.41) is 5.48. The van der Waals surface area contributed by atoms with Crippen LogP contribution in [-0.4, -0.2) is 105 Å². The highest BCUT2D eigenvalue weighted by molar-refractivity contribution is 7.89. The monoisotopic (exact) mass is 802 g/mol. The zero-order valence-corrected chi connectivity index (χ0v) is 35.7. The molecule has 0 aromatic heterocycles. The Morgan fingerprint density at radius 3 is 2.39 bits per heavy atom. The third-order valence-electron chi connectivity index (χ3n) is 12.5. The first-order valence-corrected chi connectivity index (χ1v) is 21.9. The number of hydrogen-bond donors (Lipinski definition) is 1. The van der Waals surface area contributed by atoms with Crippen LogP contribution in [0.2, 0.25) is 0 Å². The van der Waals surface area contributed by atoms with Crippen molar-refractivity contribution in [3.63, 3.8) is 0 Å². The van der Waals surface area contributed by atoms with E-state index in [9.17, 15) is 22.8 Å². The van der Waals surface area contributed by atoms with Crippen LogP contribution < -0.4 is 5.32 Å². The molecule has 0 spiro atoms. The summed E-state index contributed by atoms with van der Waals surface area (Å²) in [6.07, 6.45) is 10.0. The fourth-order valence-corrected chi connectivity index (χ4v) is 11.8. The van der Waals surface area contributed by atoms with Crippen molar-refractivity contribution in [1.82, 2.24) is 19.4 Å². The summed E-state index contributed by atoms with van der Waals surface area (Å²) in [6, 6.07) is 13.2. The van der Waals surface area contributed by atoms with Crippen molar-refractivity contribution in [3.05, 3.63) is 83.3 Å². The first kappa shape index (κ1) is 43.8. The number of methoxy groups -OCH3 is 1. The standard InChI is InChI=1S/C33H50N4O6S.C11H10.CH2O/c1-22-16-29(38)33(18-24(3)32(5,17-22)20-33)21-44(41,42)37-19-23(2)15-27(37)30(39)34-25(4)31(40)36-13-11-35(12-14-36)26-9-7-8-10-28(26)43-6;1-9-6-7-10-4-2-3-5-11(10)8-9;1-2/h7,9,18,22-23,25,27H,8,10-17,19-21H2,1-6H3,(H,34,39);2-8H,1H3;1H2/t22?,23?,25-,27-,32?,33?;;/m0../s1. The quantitative estimate of drug-likeness (QED) is 0.313. The van der Waals surface area contributed by atoms with Gasteiger partial charge >= 0.3 is 0 Å². The number of aryl methyl sites for hydroxylation is 1. The summed E-state index contributed by atoms with van der Waals surface area (Å²) in [7, 11) is -2.27. The molecule has 0 radical (unpaired) electrons. The summed E-state index contributed by atoms with van der Waals surface area (Å²) >= 11 is 0. The predicted octanol–water partition coefficient (Wildman–Crippen LogP) is 6.19. The van der Waals surface area contributed by atoms with Gasteiger partial charge in [0.1, 0.15) is 30.4 Å². The molecule has 2 aromatic rings. The topological polar surface area (TPSA) is 133 Å². The van der Waals surface area contributed by atoms with Crippen LogP contribution in [0.1, 0.15) is 78.7 Å². The number of Topliss-reactive ketones (excluding diaryl/α,β-unsaturated/α-hetero) is 1. The normalized spacial score (nSPS) is 28.1. The molecule has 310 valence electrons. The Morgan fingerprint density at radius 1 is 1.02 bits per heavy atom. The number of hydrogen-bond acceptors (Lipinski definition) is 8.